The molecule has 170 valence electrons. The van der Waals surface area contributed by atoms with Gasteiger partial charge in [-0.05, 0) is 37.1 Å². The highest BCUT2D eigenvalue weighted by Crippen LogP contribution is 2.39. The number of aliphatic hydroxyl groups is 1. The van der Waals surface area contributed by atoms with Crippen LogP contribution >= 0.6 is 0 Å². The van der Waals surface area contributed by atoms with E-state index in [0.29, 0.717) is 24.6 Å². The lowest BCUT2D eigenvalue weighted by Crippen LogP contribution is -2.38. The number of ketones is 1. The Hall–Kier alpha value is -2.92. The van der Waals surface area contributed by atoms with Gasteiger partial charge in [0.15, 0.2) is 0 Å². The predicted octanol–water partition coefficient (Wildman–Crippen LogP) is 4.88. The second kappa shape index (κ2) is 10.1. The number of rotatable bonds is 8. The van der Waals surface area contributed by atoms with E-state index in [1.54, 1.807) is 17.0 Å². The van der Waals surface area contributed by atoms with Crippen LogP contribution in [0.5, 0.6) is 0 Å². The van der Waals surface area contributed by atoms with E-state index < -0.39 is 17.7 Å². The molecule has 1 heterocycles. The Morgan fingerprint density at radius 1 is 1.00 bits per heavy atom. The summed E-state index contributed by atoms with van der Waals surface area (Å²) in [6, 6.07) is 14.8. The summed E-state index contributed by atoms with van der Waals surface area (Å²) < 4.78 is 0. The van der Waals surface area contributed by atoms with E-state index >= 15 is 0 Å². The lowest BCUT2D eigenvalue weighted by Gasteiger charge is -2.28. The number of carbonyl (C=O) groups excluding carboxylic acids is 2. The first kappa shape index (κ1) is 23.7. The molecule has 2 aromatic carbocycles. The van der Waals surface area contributed by atoms with Gasteiger partial charge in [0.05, 0.1) is 11.6 Å². The van der Waals surface area contributed by atoms with E-state index in [9.17, 15) is 14.7 Å². The number of Topliss-reactive ketones (excluding diaryl/α,β-unsaturated/α-hetero) is 1. The predicted molar refractivity (Wildman–Crippen MR) is 129 cm³/mol. The lowest BCUT2D eigenvalue weighted by molar-refractivity contribution is -0.140. The van der Waals surface area contributed by atoms with Crippen molar-refractivity contribution in [2.75, 3.05) is 26.2 Å². The summed E-state index contributed by atoms with van der Waals surface area (Å²) in [5.41, 5.74) is 3.79. The minimum Gasteiger partial charge on any atom is -0.507 e. The third-order valence-corrected chi connectivity index (χ3v) is 6.34. The second-order valence-corrected chi connectivity index (χ2v) is 8.71. The number of hydrogen-bond donors (Lipinski definition) is 1. The van der Waals surface area contributed by atoms with Crippen LogP contribution in [0.1, 0.15) is 61.9 Å². The van der Waals surface area contributed by atoms with Gasteiger partial charge in [0, 0.05) is 18.7 Å². The number of amides is 1. The van der Waals surface area contributed by atoms with Crippen LogP contribution in [0.3, 0.4) is 0 Å². The maximum absolute atomic E-state index is 13.1. The molecule has 1 saturated heterocycles. The van der Waals surface area contributed by atoms with E-state index in [-0.39, 0.29) is 11.3 Å². The van der Waals surface area contributed by atoms with Gasteiger partial charge in [-0.15, -0.1) is 0 Å². The fourth-order valence-corrected chi connectivity index (χ4v) is 4.18. The van der Waals surface area contributed by atoms with Gasteiger partial charge in [0.25, 0.3) is 11.7 Å². The van der Waals surface area contributed by atoms with Crippen molar-refractivity contribution in [1.82, 2.24) is 9.80 Å². The fourth-order valence-electron chi connectivity index (χ4n) is 4.18. The van der Waals surface area contributed by atoms with Gasteiger partial charge in [0.1, 0.15) is 5.76 Å². The zero-order chi connectivity index (χ0) is 23.4. The molecule has 32 heavy (non-hydrogen) atoms. The van der Waals surface area contributed by atoms with Crippen LogP contribution in [0.15, 0.2) is 54.1 Å². The molecule has 3 rings (SSSR count). The van der Waals surface area contributed by atoms with Gasteiger partial charge in [-0.2, -0.15) is 0 Å². The number of carbonyl (C=O) groups is 2. The van der Waals surface area contributed by atoms with Crippen molar-refractivity contribution in [2.45, 2.75) is 46.6 Å². The smallest absolute Gasteiger partial charge is 0.295 e. The molecule has 2 aromatic rings. The van der Waals surface area contributed by atoms with E-state index in [2.05, 4.69) is 32.6 Å². The fraction of sp³-hybridized carbons (Fsp3) is 0.407. The highest BCUT2D eigenvalue weighted by molar-refractivity contribution is 6.46. The molecule has 5 nitrogen and oxygen atoms in total. The Kier molecular flexibility index (Phi) is 7.52. The third kappa shape index (κ3) is 4.78. The number of aryl methyl sites for hydroxylation is 1. The molecule has 0 radical (unpaired) electrons. The monoisotopic (exact) mass is 434 g/mol. The highest BCUT2D eigenvalue weighted by atomic mass is 16.3. The average molecular weight is 435 g/mol. The molecule has 1 aliphatic heterocycles. The zero-order valence-corrected chi connectivity index (χ0v) is 19.8. The summed E-state index contributed by atoms with van der Waals surface area (Å²) in [6.45, 7) is 13.2. The Labute approximate surface area is 191 Å². The van der Waals surface area contributed by atoms with E-state index in [0.717, 1.165) is 24.2 Å². The van der Waals surface area contributed by atoms with Crippen LogP contribution in [0.4, 0.5) is 0 Å². The van der Waals surface area contributed by atoms with E-state index in [1.807, 2.05) is 43.3 Å². The van der Waals surface area contributed by atoms with Crippen molar-refractivity contribution in [3.63, 3.8) is 0 Å². The maximum Gasteiger partial charge on any atom is 0.295 e. The molecule has 5 heteroatoms. The van der Waals surface area contributed by atoms with E-state index in [4.69, 9.17) is 0 Å². The Morgan fingerprint density at radius 2 is 1.59 bits per heavy atom. The highest BCUT2D eigenvalue weighted by Gasteiger charge is 2.45. The van der Waals surface area contributed by atoms with Crippen molar-refractivity contribution < 1.29 is 14.7 Å². The average Bonchev–Trinajstić information content (AvgIpc) is 3.04. The van der Waals surface area contributed by atoms with Crippen LogP contribution in [0.2, 0.25) is 0 Å². The summed E-state index contributed by atoms with van der Waals surface area (Å²) in [5, 5.41) is 11.1. The first-order valence-corrected chi connectivity index (χ1v) is 11.5. The first-order chi connectivity index (χ1) is 15.3. The molecule has 0 spiro atoms. The van der Waals surface area contributed by atoms with Crippen molar-refractivity contribution >= 4 is 17.4 Å². The quantitative estimate of drug-likeness (QED) is 0.365. The molecule has 1 fully saturated rings. The maximum atomic E-state index is 13.1. The van der Waals surface area contributed by atoms with E-state index in [1.165, 1.54) is 5.56 Å². The van der Waals surface area contributed by atoms with Crippen molar-refractivity contribution in [3.8, 4) is 0 Å². The molecule has 0 saturated carbocycles. The number of aliphatic hydroxyl groups excluding tert-OH is 1. The minimum atomic E-state index is -0.624. The molecule has 1 atom stereocenters. The summed E-state index contributed by atoms with van der Waals surface area (Å²) >= 11 is 0. The normalized spacial score (nSPS) is 18.2. The summed E-state index contributed by atoms with van der Waals surface area (Å²) in [6.07, 6.45) is 0. The summed E-state index contributed by atoms with van der Waals surface area (Å²) in [4.78, 5) is 30.0. The number of benzene rings is 2. The van der Waals surface area contributed by atoms with Gasteiger partial charge >= 0.3 is 0 Å². The molecule has 0 aromatic heterocycles. The molecule has 0 bridgehead atoms. The minimum absolute atomic E-state index is 0.119. The van der Waals surface area contributed by atoms with Crippen LogP contribution < -0.4 is 0 Å². The van der Waals surface area contributed by atoms with Gasteiger partial charge in [-0.25, -0.2) is 0 Å². The van der Waals surface area contributed by atoms with Crippen LogP contribution in [-0.4, -0.2) is 52.8 Å². The molecular weight excluding hydrogens is 400 g/mol. The number of hydrogen-bond acceptors (Lipinski definition) is 4. The number of nitrogens with zero attached hydrogens (tertiary/aromatic N) is 2. The topological polar surface area (TPSA) is 60.9 Å². The van der Waals surface area contributed by atoms with Gasteiger partial charge in [0.2, 0.25) is 0 Å². The molecule has 1 aliphatic rings. The molecule has 1 N–H and O–H groups in total. The molecule has 0 aliphatic carbocycles. The van der Waals surface area contributed by atoms with Crippen molar-refractivity contribution in [2.24, 2.45) is 0 Å². The van der Waals surface area contributed by atoms with Gasteiger partial charge in [-0.3, -0.25) is 9.59 Å². The lowest BCUT2D eigenvalue weighted by atomic mass is 9.93. The zero-order valence-electron chi connectivity index (χ0n) is 19.8. The number of likely N-dealkylation sites (tertiary alicyclic amines) is 1. The molecule has 0 unspecified atom stereocenters. The van der Waals surface area contributed by atoms with Crippen molar-refractivity contribution in [3.05, 3.63) is 76.4 Å². The third-order valence-electron chi connectivity index (χ3n) is 6.34. The Balaban J connectivity index is 2.09. The Morgan fingerprint density at radius 3 is 2.12 bits per heavy atom. The Bertz CT molecular complexity index is 987. The standard InChI is InChI=1S/C27H34N2O3/c1-6-28(7-2)16-17-29-24(21-14-12-20(13-15-21)18(3)4)23(26(31)27(29)32)25(30)22-10-8-19(5)9-11-22/h8-15,18,24,30H,6-7,16-17H2,1-5H3/b25-23+/t24-/m1/s1. The van der Waals surface area contributed by atoms with Crippen LogP contribution in [0, 0.1) is 6.92 Å². The second-order valence-electron chi connectivity index (χ2n) is 8.71. The van der Waals surface area contributed by atoms with Crippen LogP contribution in [-0.2, 0) is 9.59 Å². The van der Waals surface area contributed by atoms with Gasteiger partial charge in [-0.1, -0.05) is 81.8 Å². The first-order valence-electron chi connectivity index (χ1n) is 11.5. The molecule has 1 amide bonds. The van der Waals surface area contributed by atoms with Gasteiger partial charge < -0.3 is 14.9 Å². The SMILES string of the molecule is CCN(CC)CCN1C(=O)C(=O)/C(=C(/O)c2ccc(C)cc2)[C@H]1c1ccc(C(C)C)cc1. The largest absolute Gasteiger partial charge is 0.507 e. The summed E-state index contributed by atoms with van der Waals surface area (Å²) in [5.74, 6) is -0.915. The molecular formula is C27H34N2O3. The van der Waals surface area contributed by atoms with Crippen molar-refractivity contribution in [1.29, 1.82) is 0 Å². The van der Waals surface area contributed by atoms with Crippen LogP contribution in [0.25, 0.3) is 5.76 Å². The summed E-state index contributed by atoms with van der Waals surface area (Å²) in [7, 11) is 0. The number of likely N-dealkylation sites (N-methyl/N-ethyl adjacent to an activating group) is 1.